The number of aromatic amines is 1. The van der Waals surface area contributed by atoms with Gasteiger partial charge in [-0.1, -0.05) is 27.7 Å². The largest absolute Gasteiger partial charge is 0.408 e. The first-order valence-electron chi connectivity index (χ1n) is 9.18. The van der Waals surface area contributed by atoms with Crippen LogP contribution in [0.1, 0.15) is 41.7 Å². The molecule has 5 atom stereocenters. The molecule has 1 aromatic heterocycles. The van der Waals surface area contributed by atoms with Crippen molar-refractivity contribution in [2.75, 3.05) is 6.61 Å². The normalized spacial score (nSPS) is 34.2. The third-order valence-electron chi connectivity index (χ3n) is 5.74. The summed E-state index contributed by atoms with van der Waals surface area (Å²) in [5.74, 6) is 0. The molecule has 0 radical (unpaired) electrons. The summed E-state index contributed by atoms with van der Waals surface area (Å²) in [6.45, 7) is 12.8. The predicted octanol–water partition coefficient (Wildman–Crippen LogP) is 2.00. The molecule has 2 aliphatic heterocycles. The maximum Gasteiger partial charge on any atom is 0.330 e. The molecule has 2 bridgehead atoms. The zero-order valence-electron chi connectivity index (χ0n) is 16.7. The third kappa shape index (κ3) is 2.95. The molecule has 140 valence electrons. The van der Waals surface area contributed by atoms with Crippen molar-refractivity contribution in [2.24, 2.45) is 0 Å². The molecular formula is C17H28N2O5Si. The lowest BCUT2D eigenvalue weighted by molar-refractivity contribution is -0.175. The van der Waals surface area contributed by atoms with Crippen molar-refractivity contribution >= 4 is 8.32 Å². The summed E-state index contributed by atoms with van der Waals surface area (Å²) in [6.07, 6.45) is -0.844. The molecule has 0 aliphatic carbocycles. The molecular weight excluding hydrogens is 340 g/mol. The summed E-state index contributed by atoms with van der Waals surface area (Å²) in [5.41, 5.74) is -1.95. The highest BCUT2D eigenvalue weighted by atomic mass is 28.4. The molecule has 1 unspecified atom stereocenters. The second-order valence-electron chi connectivity index (χ2n) is 8.34. The van der Waals surface area contributed by atoms with Crippen LogP contribution in [0.2, 0.25) is 18.1 Å². The van der Waals surface area contributed by atoms with Crippen molar-refractivity contribution in [3.63, 3.8) is 0 Å². The van der Waals surface area contributed by atoms with Gasteiger partial charge in [0.25, 0.3) is 5.56 Å². The Morgan fingerprint density at radius 2 is 2.16 bits per heavy atom. The molecule has 7 nitrogen and oxygen atoms in total. The van der Waals surface area contributed by atoms with Crippen LogP contribution in [0.3, 0.4) is 0 Å². The number of nitrogens with one attached hydrogen (secondary N) is 1. The standard InChI is InChI=1S/C17H28N2O5Si/c1-7-17-10-22-12(13(17)24-25(5,6)16(2,3)4)14(23-17)19-9-8-11(20)18-15(19)21/h8-9,12-14H,7,10H2,1-6H3,(H,18,20,21)/t12-,13+,14+,17+/m0/s1/i7D/t7?,12-,13+,14+,17+. The number of ether oxygens (including phenoxy) is 2. The second-order valence-corrected chi connectivity index (χ2v) is 13.1. The Morgan fingerprint density at radius 1 is 1.48 bits per heavy atom. The SMILES string of the molecule is [2H]C(C)[C@]12CO[C@H]([C@H](n3ccc(=O)[nH]c3=O)O1)[C@H]2O[Si](C)(C)C(C)(C)C. The lowest BCUT2D eigenvalue weighted by Crippen LogP contribution is -2.51. The minimum absolute atomic E-state index is 0.00813. The first-order chi connectivity index (χ1) is 11.9. The molecule has 1 N–H and O–H groups in total. The van der Waals surface area contributed by atoms with Gasteiger partial charge in [0, 0.05) is 13.6 Å². The summed E-state index contributed by atoms with van der Waals surface area (Å²) < 4.78 is 28.5. The van der Waals surface area contributed by atoms with Crippen molar-refractivity contribution < 1.29 is 15.3 Å². The van der Waals surface area contributed by atoms with Crippen LogP contribution in [0.25, 0.3) is 0 Å². The van der Waals surface area contributed by atoms with Crippen LogP contribution in [-0.2, 0) is 13.9 Å². The Morgan fingerprint density at radius 3 is 2.72 bits per heavy atom. The minimum atomic E-state index is -2.15. The van der Waals surface area contributed by atoms with Crippen LogP contribution >= 0.6 is 0 Å². The number of fused-ring (bicyclic) bond motifs is 2. The van der Waals surface area contributed by atoms with Gasteiger partial charge in [0.15, 0.2) is 14.5 Å². The van der Waals surface area contributed by atoms with Crippen LogP contribution in [-0.4, -0.2) is 42.3 Å². The Balaban J connectivity index is 2.00. The van der Waals surface area contributed by atoms with Gasteiger partial charge in [-0.2, -0.15) is 0 Å². The molecule has 3 heterocycles. The summed E-state index contributed by atoms with van der Waals surface area (Å²) >= 11 is 0. The van der Waals surface area contributed by atoms with E-state index in [1.54, 1.807) is 6.92 Å². The molecule has 2 fully saturated rings. The highest BCUT2D eigenvalue weighted by molar-refractivity contribution is 6.74. The Kier molecular flexibility index (Phi) is 4.06. The van der Waals surface area contributed by atoms with Crippen LogP contribution in [0.4, 0.5) is 0 Å². The van der Waals surface area contributed by atoms with E-state index in [9.17, 15) is 9.59 Å². The first-order valence-corrected chi connectivity index (χ1v) is 11.5. The first kappa shape index (κ1) is 17.2. The van der Waals surface area contributed by atoms with Gasteiger partial charge in [-0.3, -0.25) is 14.3 Å². The molecule has 25 heavy (non-hydrogen) atoms. The fourth-order valence-corrected chi connectivity index (χ4v) is 4.44. The summed E-state index contributed by atoms with van der Waals surface area (Å²) in [4.78, 5) is 25.8. The van der Waals surface area contributed by atoms with Gasteiger partial charge in [-0.15, -0.1) is 0 Å². The van der Waals surface area contributed by atoms with Gasteiger partial charge in [0.05, 0.1) is 6.61 Å². The average molecular weight is 370 g/mol. The molecule has 2 saturated heterocycles. The van der Waals surface area contributed by atoms with E-state index in [2.05, 4.69) is 38.8 Å². The quantitative estimate of drug-likeness (QED) is 0.821. The van der Waals surface area contributed by atoms with Crippen LogP contribution < -0.4 is 11.2 Å². The molecule has 8 heteroatoms. The smallest absolute Gasteiger partial charge is 0.330 e. The van der Waals surface area contributed by atoms with Gasteiger partial charge in [0.2, 0.25) is 0 Å². The zero-order chi connectivity index (χ0) is 19.5. The van der Waals surface area contributed by atoms with Gasteiger partial charge < -0.3 is 13.9 Å². The Bertz CT molecular complexity index is 799. The highest BCUT2D eigenvalue weighted by Gasteiger charge is 2.63. The minimum Gasteiger partial charge on any atom is -0.408 e. The number of nitrogens with zero attached hydrogens (tertiary/aromatic N) is 1. The lowest BCUT2D eigenvalue weighted by Gasteiger charge is -2.40. The van der Waals surface area contributed by atoms with E-state index < -0.39 is 50.0 Å². The van der Waals surface area contributed by atoms with Crippen molar-refractivity contribution in [1.82, 2.24) is 9.55 Å². The molecule has 3 rings (SSSR count). The maximum absolute atomic E-state index is 12.2. The summed E-state index contributed by atoms with van der Waals surface area (Å²) in [5, 5.41) is -0.00813. The Labute approximate surface area is 149 Å². The molecule has 0 spiro atoms. The highest BCUT2D eigenvalue weighted by Crippen LogP contribution is 2.50. The van der Waals surface area contributed by atoms with Crippen LogP contribution in [0.5, 0.6) is 0 Å². The van der Waals surface area contributed by atoms with Crippen LogP contribution in [0, 0.1) is 0 Å². The van der Waals surface area contributed by atoms with Gasteiger partial charge >= 0.3 is 5.69 Å². The maximum atomic E-state index is 12.2. The van der Waals surface area contributed by atoms with E-state index >= 15 is 0 Å². The molecule has 0 amide bonds. The monoisotopic (exact) mass is 369 g/mol. The fraction of sp³-hybridized carbons (Fsp3) is 0.765. The lowest BCUT2D eigenvalue weighted by atomic mass is 9.96. The van der Waals surface area contributed by atoms with Gasteiger partial charge in [0.1, 0.15) is 17.8 Å². The van der Waals surface area contributed by atoms with Crippen molar-refractivity contribution in [1.29, 1.82) is 0 Å². The van der Waals surface area contributed by atoms with E-state index in [1.165, 1.54) is 16.8 Å². The van der Waals surface area contributed by atoms with E-state index in [4.69, 9.17) is 15.3 Å². The number of H-pyrrole nitrogens is 1. The number of aromatic nitrogens is 2. The number of hydrogen-bond donors (Lipinski definition) is 1. The summed E-state index contributed by atoms with van der Waals surface area (Å²) in [6, 6.07) is 1.28. The molecule has 2 aliphatic rings. The molecule has 0 aromatic carbocycles. The van der Waals surface area contributed by atoms with Crippen molar-refractivity contribution in [3.05, 3.63) is 33.1 Å². The van der Waals surface area contributed by atoms with E-state index in [0.717, 1.165) is 0 Å². The third-order valence-corrected chi connectivity index (χ3v) is 10.2. The van der Waals surface area contributed by atoms with Crippen molar-refractivity contribution in [3.8, 4) is 0 Å². The second kappa shape index (κ2) is 5.90. The van der Waals surface area contributed by atoms with Crippen LogP contribution in [0.15, 0.2) is 21.9 Å². The number of hydrogen-bond acceptors (Lipinski definition) is 5. The summed E-state index contributed by atoms with van der Waals surface area (Å²) in [7, 11) is -2.15. The zero-order valence-corrected chi connectivity index (χ0v) is 16.7. The predicted molar refractivity (Wildman–Crippen MR) is 96.3 cm³/mol. The van der Waals surface area contributed by atoms with E-state index in [0.29, 0.717) is 0 Å². The fourth-order valence-electron chi connectivity index (χ4n) is 3.12. The molecule has 0 saturated carbocycles. The Hall–Kier alpha value is -1.22. The van der Waals surface area contributed by atoms with Gasteiger partial charge in [-0.05, 0) is 24.5 Å². The topological polar surface area (TPSA) is 82.6 Å². The average Bonchev–Trinajstić information content (AvgIpc) is 2.99. The van der Waals surface area contributed by atoms with E-state index in [1.807, 2.05) is 0 Å². The van der Waals surface area contributed by atoms with E-state index in [-0.39, 0.29) is 11.6 Å². The van der Waals surface area contributed by atoms with Gasteiger partial charge in [-0.25, -0.2) is 4.79 Å². The van der Waals surface area contributed by atoms with Crippen molar-refractivity contribution in [2.45, 2.75) is 76.3 Å². The number of rotatable bonds is 4. The molecule has 1 aromatic rings.